The van der Waals surface area contributed by atoms with Crippen molar-refractivity contribution in [1.29, 1.82) is 0 Å². The number of carbonyl (C=O) groups is 1. The van der Waals surface area contributed by atoms with Gasteiger partial charge in [-0.3, -0.25) is 9.35 Å². The third kappa shape index (κ3) is 4.81. The molecule has 7 nitrogen and oxygen atoms in total. The van der Waals surface area contributed by atoms with Crippen molar-refractivity contribution in [3.8, 4) is 0 Å². The second-order valence-electron chi connectivity index (χ2n) is 12.5. The number of nitrogens with one attached hydrogen (secondary N) is 1. The molecule has 0 spiro atoms. The summed E-state index contributed by atoms with van der Waals surface area (Å²) in [5.41, 5.74) is 0.105. The zero-order valence-corrected chi connectivity index (χ0v) is 21.9. The van der Waals surface area contributed by atoms with Crippen molar-refractivity contribution in [1.82, 2.24) is 5.32 Å². The highest BCUT2D eigenvalue weighted by molar-refractivity contribution is 7.85. The first-order valence-electron chi connectivity index (χ1n) is 13.4. The van der Waals surface area contributed by atoms with E-state index in [2.05, 4.69) is 26.1 Å². The van der Waals surface area contributed by atoms with E-state index in [9.17, 15) is 23.4 Å². The molecule has 4 aliphatic carbocycles. The summed E-state index contributed by atoms with van der Waals surface area (Å²) < 4.78 is 30.5. The maximum Gasteiger partial charge on any atom is 0.266 e. The van der Waals surface area contributed by atoms with Crippen molar-refractivity contribution in [3.63, 3.8) is 0 Å². The number of aliphatic hydroxyl groups is 2. The van der Waals surface area contributed by atoms with Crippen LogP contribution in [-0.4, -0.2) is 53.6 Å². The number of hydrogen-bond donors (Lipinski definition) is 4. The maximum absolute atomic E-state index is 12.2. The highest BCUT2D eigenvalue weighted by atomic mass is 32.2. The van der Waals surface area contributed by atoms with E-state index in [0.717, 1.165) is 38.5 Å². The molecule has 4 N–H and O–H groups in total. The maximum atomic E-state index is 12.2. The van der Waals surface area contributed by atoms with E-state index >= 15 is 0 Å². The van der Waals surface area contributed by atoms with E-state index in [1.54, 1.807) is 0 Å². The monoisotopic (exact) mass is 499 g/mol. The lowest BCUT2D eigenvalue weighted by atomic mass is 9.43. The Morgan fingerprint density at radius 3 is 2.50 bits per heavy atom. The molecular weight excluding hydrogens is 454 g/mol. The highest BCUT2D eigenvalue weighted by Gasteiger charge is 2.63. The number of carbonyl (C=O) groups excluding carboxylic acids is 1. The minimum absolute atomic E-state index is 0.0756. The summed E-state index contributed by atoms with van der Waals surface area (Å²) in [4.78, 5) is 12.2. The Kier molecular flexibility index (Phi) is 7.47. The second kappa shape index (κ2) is 9.64. The minimum Gasteiger partial charge on any atom is -0.393 e. The molecular formula is C26H45NO6S. The number of aliphatic hydroxyl groups excluding tert-OH is 2. The van der Waals surface area contributed by atoms with Gasteiger partial charge in [-0.05, 0) is 104 Å². The molecule has 0 heterocycles. The van der Waals surface area contributed by atoms with Crippen LogP contribution in [0.1, 0.15) is 85.0 Å². The van der Waals surface area contributed by atoms with Crippen molar-refractivity contribution < 1.29 is 28.0 Å². The standard InChI is InChI=1S/C26H45NO6S/c1-16(4-9-24(30)27-12-13-34(31,32)33)20-7-8-21-19-6-5-17-14-18(28)10-11-25(17,2)22(19)15-23(29)26(20,21)3/h16-23,28-29H,4-15H2,1-3H3,(H,27,30)(H,31,32,33)/t16-,17-,18+,19+,20+,21+,22+,23-,25-,26+/m1/s1. The predicted molar refractivity (Wildman–Crippen MR) is 130 cm³/mol. The summed E-state index contributed by atoms with van der Waals surface area (Å²) in [5.74, 6) is 2.28. The zero-order valence-electron chi connectivity index (χ0n) is 21.1. The topological polar surface area (TPSA) is 124 Å². The molecule has 0 aromatic heterocycles. The quantitative estimate of drug-likeness (QED) is 0.398. The number of hydrogen-bond acceptors (Lipinski definition) is 5. The zero-order chi connectivity index (χ0) is 24.9. The average Bonchev–Trinajstić information content (AvgIpc) is 3.11. The number of fused-ring (bicyclic) bond motifs is 5. The molecule has 0 aromatic rings. The third-order valence-electron chi connectivity index (χ3n) is 11.0. The van der Waals surface area contributed by atoms with Crippen LogP contribution < -0.4 is 5.32 Å². The fourth-order valence-electron chi connectivity index (χ4n) is 9.13. The van der Waals surface area contributed by atoms with Crippen molar-refractivity contribution in [2.45, 2.75) is 97.2 Å². The summed E-state index contributed by atoms with van der Waals surface area (Å²) in [6.07, 6.45) is 8.93. The SMILES string of the molecule is C[C@H](CCC(=O)NCCS(=O)(=O)O)[C@@H]1CC[C@H]2[C@@H]3CC[C@@H]4C[C@@H](O)CC[C@@]4(C)[C@H]3C[C@@H](O)[C@]21C. The van der Waals surface area contributed by atoms with E-state index in [1.165, 1.54) is 12.8 Å². The van der Waals surface area contributed by atoms with E-state index < -0.39 is 15.9 Å². The lowest BCUT2D eigenvalue weighted by molar-refractivity contribution is -0.174. The second-order valence-corrected chi connectivity index (χ2v) is 14.1. The molecule has 0 saturated heterocycles. The lowest BCUT2D eigenvalue weighted by Crippen LogP contribution is -2.58. The van der Waals surface area contributed by atoms with Gasteiger partial charge in [0.25, 0.3) is 10.1 Å². The van der Waals surface area contributed by atoms with E-state index in [0.29, 0.717) is 48.3 Å². The van der Waals surface area contributed by atoms with Gasteiger partial charge in [-0.1, -0.05) is 20.8 Å². The fourth-order valence-corrected chi connectivity index (χ4v) is 9.49. The normalized spacial score (nSPS) is 45.1. The molecule has 34 heavy (non-hydrogen) atoms. The van der Waals surface area contributed by atoms with Gasteiger partial charge in [0.1, 0.15) is 0 Å². The van der Waals surface area contributed by atoms with Gasteiger partial charge in [0.05, 0.1) is 18.0 Å². The molecule has 10 atom stereocenters. The lowest BCUT2D eigenvalue weighted by Gasteiger charge is -2.62. The molecule has 0 aliphatic heterocycles. The van der Waals surface area contributed by atoms with Crippen molar-refractivity contribution in [2.24, 2.45) is 46.3 Å². The molecule has 4 rings (SSSR count). The van der Waals surface area contributed by atoms with Gasteiger partial charge >= 0.3 is 0 Å². The Morgan fingerprint density at radius 2 is 1.79 bits per heavy atom. The van der Waals surface area contributed by atoms with Crippen LogP contribution in [0.3, 0.4) is 0 Å². The van der Waals surface area contributed by atoms with Gasteiger partial charge in [-0.15, -0.1) is 0 Å². The van der Waals surface area contributed by atoms with Crippen LogP contribution in [0.15, 0.2) is 0 Å². The van der Waals surface area contributed by atoms with Crippen molar-refractivity contribution >= 4 is 16.0 Å². The van der Waals surface area contributed by atoms with Gasteiger partial charge in [-0.25, -0.2) is 0 Å². The summed E-state index contributed by atoms with van der Waals surface area (Å²) in [5, 5.41) is 24.5. The molecule has 0 radical (unpaired) electrons. The summed E-state index contributed by atoms with van der Waals surface area (Å²) in [6.45, 7) is 6.86. The number of rotatable bonds is 7. The Balaban J connectivity index is 1.40. The molecule has 0 unspecified atom stereocenters. The van der Waals surface area contributed by atoms with Crippen molar-refractivity contribution in [3.05, 3.63) is 0 Å². The average molecular weight is 500 g/mol. The molecule has 4 aliphatic rings. The smallest absolute Gasteiger partial charge is 0.266 e. The van der Waals surface area contributed by atoms with E-state index in [1.807, 2.05) is 0 Å². The minimum atomic E-state index is -4.07. The van der Waals surface area contributed by atoms with Crippen molar-refractivity contribution in [2.75, 3.05) is 12.3 Å². The first kappa shape index (κ1) is 26.4. The first-order chi connectivity index (χ1) is 15.9. The van der Waals surface area contributed by atoms with Gasteiger partial charge in [-0.2, -0.15) is 8.42 Å². The summed E-state index contributed by atoms with van der Waals surface area (Å²) in [6, 6.07) is 0. The Bertz CT molecular complexity index is 863. The molecule has 4 fully saturated rings. The van der Waals surface area contributed by atoms with E-state index in [4.69, 9.17) is 4.55 Å². The fraction of sp³-hybridized carbons (Fsp3) is 0.962. The van der Waals surface area contributed by atoms with Gasteiger partial charge < -0.3 is 15.5 Å². The van der Waals surface area contributed by atoms with Gasteiger partial charge in [0.2, 0.25) is 5.91 Å². The summed E-state index contributed by atoms with van der Waals surface area (Å²) >= 11 is 0. The molecule has 4 saturated carbocycles. The predicted octanol–water partition coefficient (Wildman–Crippen LogP) is 3.40. The van der Waals surface area contributed by atoms with E-state index in [-0.39, 0.29) is 35.5 Å². The van der Waals surface area contributed by atoms with Crippen LogP contribution in [0.25, 0.3) is 0 Å². The summed E-state index contributed by atoms with van der Waals surface area (Å²) in [7, 11) is -4.07. The van der Waals surface area contributed by atoms with Gasteiger partial charge in [0.15, 0.2) is 0 Å². The van der Waals surface area contributed by atoms with Crippen LogP contribution in [0, 0.1) is 46.3 Å². The van der Waals surface area contributed by atoms with Gasteiger partial charge in [0, 0.05) is 13.0 Å². The van der Waals surface area contributed by atoms with Crippen LogP contribution in [0.5, 0.6) is 0 Å². The Hall–Kier alpha value is -0.700. The first-order valence-corrected chi connectivity index (χ1v) is 15.0. The largest absolute Gasteiger partial charge is 0.393 e. The van der Waals surface area contributed by atoms with Crippen LogP contribution in [0.2, 0.25) is 0 Å². The molecule has 8 heteroatoms. The van der Waals surface area contributed by atoms with Crippen LogP contribution in [0.4, 0.5) is 0 Å². The highest BCUT2D eigenvalue weighted by Crippen LogP contribution is 2.68. The third-order valence-corrected chi connectivity index (χ3v) is 11.7. The molecule has 0 aromatic carbocycles. The van der Waals surface area contributed by atoms with Crippen LogP contribution >= 0.6 is 0 Å². The molecule has 0 bridgehead atoms. The number of amides is 1. The molecule has 1 amide bonds. The Labute approximate surface area is 205 Å². The molecule has 196 valence electrons. The van der Waals surface area contributed by atoms with Crippen LogP contribution in [-0.2, 0) is 14.9 Å². The Morgan fingerprint density at radius 1 is 1.06 bits per heavy atom.